The Morgan fingerprint density at radius 3 is 2.69 bits per heavy atom. The van der Waals surface area contributed by atoms with Crippen LogP contribution in [0.4, 0.5) is 5.69 Å². The highest BCUT2D eigenvalue weighted by Gasteiger charge is 2.59. The molecular weight excluding hydrogens is 406 g/mol. The Morgan fingerprint density at radius 1 is 1.09 bits per heavy atom. The summed E-state index contributed by atoms with van der Waals surface area (Å²) in [4.78, 5) is 43.9. The summed E-state index contributed by atoms with van der Waals surface area (Å²) < 4.78 is 5.42. The van der Waals surface area contributed by atoms with Crippen LogP contribution in [0.2, 0.25) is 0 Å². The lowest BCUT2D eigenvalue weighted by Crippen LogP contribution is -2.43. The molecule has 1 spiro atoms. The Labute approximate surface area is 185 Å². The summed E-state index contributed by atoms with van der Waals surface area (Å²) in [5, 5.41) is 3.01. The number of methoxy groups -OCH3 is 1. The normalized spacial score (nSPS) is 21.5. The largest absolute Gasteiger partial charge is 0.497 e. The number of rotatable bonds is 3. The van der Waals surface area contributed by atoms with Gasteiger partial charge in [0, 0.05) is 30.1 Å². The number of anilines is 1. The van der Waals surface area contributed by atoms with Gasteiger partial charge < -0.3 is 19.9 Å². The molecule has 7 heteroatoms. The van der Waals surface area contributed by atoms with Gasteiger partial charge in [-0.05, 0) is 42.7 Å². The van der Waals surface area contributed by atoms with Crippen molar-refractivity contribution in [2.24, 2.45) is 0 Å². The minimum Gasteiger partial charge on any atom is -0.497 e. The third kappa shape index (κ3) is 2.92. The average Bonchev–Trinajstić information content (AvgIpc) is 3.32. The van der Waals surface area contributed by atoms with E-state index < -0.39 is 11.5 Å². The van der Waals surface area contributed by atoms with E-state index in [9.17, 15) is 14.4 Å². The SMILES string of the molecule is COc1cccc(C2N(C(=O)c3cc(=O)cc(C)[nH]3)CCC23C(=O)Nc2ccccc23)c1. The number of aryl methyl sites for hydroxylation is 1. The minimum absolute atomic E-state index is 0.125. The highest BCUT2D eigenvalue weighted by molar-refractivity contribution is 6.08. The monoisotopic (exact) mass is 429 g/mol. The standard InChI is InChI=1S/C25H23N3O4/c1-15-12-17(29)14-21(26-15)23(30)28-11-10-25(19-8-3-4-9-20(19)27-24(25)31)22(28)16-6-5-7-18(13-16)32-2/h3-9,12-14,22H,10-11H2,1-2H3,(H,26,29)(H,27,31). The Bertz CT molecular complexity index is 1300. The number of H-pyrrole nitrogens is 1. The molecule has 2 N–H and O–H groups in total. The second kappa shape index (κ2) is 7.37. The molecule has 1 fully saturated rings. The number of aromatic amines is 1. The van der Waals surface area contributed by atoms with E-state index in [1.807, 2.05) is 48.5 Å². The van der Waals surface area contributed by atoms with Crippen LogP contribution in [0.3, 0.4) is 0 Å². The number of amides is 2. The Balaban J connectivity index is 1.69. The molecule has 3 aromatic rings. The Hall–Kier alpha value is -3.87. The summed E-state index contributed by atoms with van der Waals surface area (Å²) >= 11 is 0. The van der Waals surface area contributed by atoms with Gasteiger partial charge in [0.15, 0.2) is 5.43 Å². The van der Waals surface area contributed by atoms with E-state index in [-0.39, 0.29) is 22.9 Å². The van der Waals surface area contributed by atoms with E-state index >= 15 is 0 Å². The van der Waals surface area contributed by atoms with Gasteiger partial charge in [-0.3, -0.25) is 14.4 Å². The van der Waals surface area contributed by atoms with Gasteiger partial charge in [-0.15, -0.1) is 0 Å². The molecule has 0 radical (unpaired) electrons. The van der Waals surface area contributed by atoms with Crippen molar-refractivity contribution >= 4 is 17.5 Å². The van der Waals surface area contributed by atoms with Gasteiger partial charge in [0.1, 0.15) is 16.9 Å². The molecule has 2 aromatic carbocycles. The van der Waals surface area contributed by atoms with Gasteiger partial charge in [-0.1, -0.05) is 30.3 Å². The van der Waals surface area contributed by atoms with Gasteiger partial charge in [-0.2, -0.15) is 0 Å². The molecule has 7 nitrogen and oxygen atoms in total. The third-order valence-corrected chi connectivity index (χ3v) is 6.46. The molecule has 5 rings (SSSR count). The third-order valence-electron chi connectivity index (χ3n) is 6.46. The van der Waals surface area contributed by atoms with Crippen LogP contribution in [0.1, 0.15) is 39.8 Å². The van der Waals surface area contributed by atoms with Crippen molar-refractivity contribution in [2.75, 3.05) is 19.0 Å². The minimum atomic E-state index is -0.928. The second-order valence-corrected chi connectivity index (χ2v) is 8.31. The van der Waals surface area contributed by atoms with Gasteiger partial charge >= 0.3 is 0 Å². The summed E-state index contributed by atoms with van der Waals surface area (Å²) in [5.74, 6) is 0.208. The number of carbonyl (C=O) groups is 2. The number of pyridine rings is 1. The lowest BCUT2D eigenvalue weighted by atomic mass is 9.72. The number of ether oxygens (including phenoxy) is 1. The van der Waals surface area contributed by atoms with Crippen molar-refractivity contribution in [1.29, 1.82) is 0 Å². The Morgan fingerprint density at radius 2 is 1.91 bits per heavy atom. The van der Waals surface area contributed by atoms with E-state index in [0.29, 0.717) is 24.4 Å². The van der Waals surface area contributed by atoms with E-state index in [2.05, 4.69) is 10.3 Å². The summed E-state index contributed by atoms with van der Waals surface area (Å²) in [6.45, 7) is 2.11. The fourth-order valence-electron chi connectivity index (χ4n) is 5.13. The molecule has 2 aliphatic heterocycles. The van der Waals surface area contributed by atoms with Crippen molar-refractivity contribution in [2.45, 2.75) is 24.8 Å². The number of para-hydroxylation sites is 1. The van der Waals surface area contributed by atoms with Crippen LogP contribution in [0.15, 0.2) is 65.5 Å². The zero-order chi connectivity index (χ0) is 22.5. The zero-order valence-electron chi connectivity index (χ0n) is 17.8. The molecule has 2 amide bonds. The van der Waals surface area contributed by atoms with Crippen molar-refractivity contribution in [3.05, 3.63) is 93.4 Å². The molecule has 0 saturated carbocycles. The highest BCUT2D eigenvalue weighted by Crippen LogP contribution is 2.55. The number of fused-ring (bicyclic) bond motifs is 2. The van der Waals surface area contributed by atoms with Gasteiger partial charge in [0.2, 0.25) is 5.91 Å². The van der Waals surface area contributed by atoms with Gasteiger partial charge in [0.05, 0.1) is 13.2 Å². The lowest BCUT2D eigenvalue weighted by molar-refractivity contribution is -0.121. The first-order chi connectivity index (χ1) is 15.4. The summed E-state index contributed by atoms with van der Waals surface area (Å²) in [7, 11) is 1.58. The summed E-state index contributed by atoms with van der Waals surface area (Å²) in [6.07, 6.45) is 0.472. The molecule has 1 aromatic heterocycles. The fourth-order valence-corrected chi connectivity index (χ4v) is 5.13. The van der Waals surface area contributed by atoms with Crippen molar-refractivity contribution in [1.82, 2.24) is 9.88 Å². The van der Waals surface area contributed by atoms with Crippen LogP contribution in [-0.2, 0) is 10.2 Å². The average molecular weight is 429 g/mol. The lowest BCUT2D eigenvalue weighted by Gasteiger charge is -2.34. The van der Waals surface area contributed by atoms with E-state index in [1.165, 1.54) is 12.1 Å². The smallest absolute Gasteiger partial charge is 0.270 e. The molecular formula is C25H23N3O4. The maximum Gasteiger partial charge on any atom is 0.270 e. The van der Waals surface area contributed by atoms with E-state index in [0.717, 1.165) is 16.8 Å². The second-order valence-electron chi connectivity index (χ2n) is 8.31. The molecule has 1 saturated heterocycles. The highest BCUT2D eigenvalue weighted by atomic mass is 16.5. The molecule has 2 aliphatic rings. The number of nitrogens with zero attached hydrogens (tertiary/aromatic N) is 1. The summed E-state index contributed by atoms with van der Waals surface area (Å²) in [6, 6.07) is 17.3. The number of aromatic nitrogens is 1. The quantitative estimate of drug-likeness (QED) is 0.669. The number of nitrogens with one attached hydrogen (secondary N) is 2. The number of hydrogen-bond acceptors (Lipinski definition) is 4. The predicted molar refractivity (Wildman–Crippen MR) is 120 cm³/mol. The van der Waals surface area contributed by atoms with Crippen molar-refractivity contribution < 1.29 is 14.3 Å². The number of likely N-dealkylation sites (tertiary alicyclic amines) is 1. The maximum absolute atomic E-state index is 13.6. The van der Waals surface area contributed by atoms with Crippen LogP contribution >= 0.6 is 0 Å². The van der Waals surface area contributed by atoms with E-state index in [1.54, 1.807) is 18.9 Å². The van der Waals surface area contributed by atoms with Crippen molar-refractivity contribution in [3.8, 4) is 5.75 Å². The van der Waals surface area contributed by atoms with Gasteiger partial charge in [0.25, 0.3) is 5.91 Å². The number of hydrogen-bond donors (Lipinski definition) is 2. The zero-order valence-corrected chi connectivity index (χ0v) is 17.8. The van der Waals surface area contributed by atoms with Crippen LogP contribution < -0.4 is 15.5 Å². The van der Waals surface area contributed by atoms with Crippen LogP contribution in [0.5, 0.6) is 5.75 Å². The molecule has 0 bridgehead atoms. The molecule has 32 heavy (non-hydrogen) atoms. The predicted octanol–water partition coefficient (Wildman–Crippen LogP) is 3.17. The molecule has 0 aliphatic carbocycles. The summed E-state index contributed by atoms with van der Waals surface area (Å²) in [5.41, 5.74) is 2.11. The Kier molecular flexibility index (Phi) is 4.62. The number of benzene rings is 2. The number of carbonyl (C=O) groups excluding carboxylic acids is 2. The molecule has 162 valence electrons. The molecule has 2 atom stereocenters. The van der Waals surface area contributed by atoms with Crippen LogP contribution in [-0.4, -0.2) is 35.4 Å². The topological polar surface area (TPSA) is 91.5 Å². The maximum atomic E-state index is 13.6. The first-order valence-corrected chi connectivity index (χ1v) is 10.5. The molecule has 3 heterocycles. The first-order valence-electron chi connectivity index (χ1n) is 10.5. The van der Waals surface area contributed by atoms with Crippen LogP contribution in [0, 0.1) is 6.92 Å². The molecule has 2 unspecified atom stereocenters. The van der Waals surface area contributed by atoms with E-state index in [4.69, 9.17) is 4.74 Å². The van der Waals surface area contributed by atoms with Crippen LogP contribution in [0.25, 0.3) is 0 Å². The first kappa shape index (κ1) is 20.1. The fraction of sp³-hybridized carbons (Fsp3) is 0.240. The van der Waals surface area contributed by atoms with Crippen molar-refractivity contribution in [3.63, 3.8) is 0 Å². The van der Waals surface area contributed by atoms with Gasteiger partial charge in [-0.25, -0.2) is 0 Å².